The second kappa shape index (κ2) is 12.4. The minimum Gasteiger partial charge on any atom is -0.488 e. The van der Waals surface area contributed by atoms with Gasteiger partial charge in [-0.3, -0.25) is 0 Å². The molecule has 0 saturated carbocycles. The van der Waals surface area contributed by atoms with Crippen LogP contribution in [0.15, 0.2) is 65.7 Å². The van der Waals surface area contributed by atoms with Gasteiger partial charge >= 0.3 is 10.1 Å². The highest BCUT2D eigenvalue weighted by Gasteiger charge is 2.28. The summed E-state index contributed by atoms with van der Waals surface area (Å²) in [4.78, 5) is 11.4. The van der Waals surface area contributed by atoms with Gasteiger partial charge in [-0.2, -0.15) is 8.42 Å². The van der Waals surface area contributed by atoms with Crippen molar-refractivity contribution in [3.8, 4) is 28.5 Å². The Bertz CT molecular complexity index is 1720. The van der Waals surface area contributed by atoms with Crippen molar-refractivity contribution in [2.75, 3.05) is 31.7 Å². The van der Waals surface area contributed by atoms with E-state index < -0.39 is 22.7 Å². The number of anilines is 1. The van der Waals surface area contributed by atoms with Crippen molar-refractivity contribution in [1.29, 1.82) is 0 Å². The third-order valence-electron chi connectivity index (χ3n) is 7.43. The van der Waals surface area contributed by atoms with Gasteiger partial charge in [0.25, 0.3) is 0 Å². The lowest BCUT2D eigenvalue weighted by Gasteiger charge is -2.26. The van der Waals surface area contributed by atoms with Crippen molar-refractivity contribution in [3.05, 3.63) is 66.4 Å². The largest absolute Gasteiger partial charge is 0.488 e. The number of benzene rings is 2. The molecule has 2 unspecified atom stereocenters. The number of likely N-dealkylation sites (N-methyl/N-ethyl adjacent to an activating group) is 1. The Hall–Kier alpha value is -3.93. The molecular weight excluding hydrogens is 570 g/mol. The molecule has 2 aliphatic rings. The lowest BCUT2D eigenvalue weighted by Crippen LogP contribution is -2.29. The fraction of sp³-hybridized carbons (Fsp3) is 0.375. The van der Waals surface area contributed by atoms with Gasteiger partial charge in [-0.05, 0) is 67.8 Å². The van der Waals surface area contributed by atoms with E-state index in [2.05, 4.69) is 9.88 Å². The molecule has 1 fully saturated rings. The highest BCUT2D eigenvalue weighted by molar-refractivity contribution is 7.86. The van der Waals surface area contributed by atoms with Crippen molar-refractivity contribution < 1.29 is 31.5 Å². The zero-order chi connectivity index (χ0) is 30.0. The summed E-state index contributed by atoms with van der Waals surface area (Å²) in [6.07, 6.45) is 3.17. The maximum atomic E-state index is 13.4. The van der Waals surface area contributed by atoms with Gasteiger partial charge in [0, 0.05) is 37.0 Å². The number of fused-ring (bicyclic) bond motifs is 2. The molecule has 0 bridgehead atoms. The average molecular weight is 606 g/mol. The van der Waals surface area contributed by atoms with Crippen molar-refractivity contribution in [2.45, 2.75) is 57.0 Å². The fourth-order valence-corrected chi connectivity index (χ4v) is 6.23. The number of pyridine rings is 2. The van der Waals surface area contributed by atoms with Gasteiger partial charge < -0.3 is 23.8 Å². The van der Waals surface area contributed by atoms with Gasteiger partial charge in [0.05, 0.1) is 24.4 Å². The first-order valence-electron chi connectivity index (χ1n) is 14.5. The van der Waals surface area contributed by atoms with E-state index >= 15 is 0 Å². The van der Waals surface area contributed by atoms with Crippen LogP contribution in [0.2, 0.25) is 0 Å². The Balaban J connectivity index is 1.18. The molecule has 2 aromatic heterocycles. The molecule has 10 nitrogen and oxygen atoms in total. The first-order valence-corrected chi connectivity index (χ1v) is 15.9. The summed E-state index contributed by atoms with van der Waals surface area (Å²) >= 11 is 0. The fourth-order valence-electron chi connectivity index (χ4n) is 5.08. The average Bonchev–Trinajstić information content (AvgIpc) is 3.00. The first kappa shape index (κ1) is 29.2. The minimum absolute atomic E-state index is 0.0572. The molecule has 0 spiro atoms. The molecule has 4 heterocycles. The normalized spacial score (nSPS) is 17.7. The van der Waals surface area contributed by atoms with Crippen LogP contribution >= 0.6 is 0 Å². The highest BCUT2D eigenvalue weighted by Crippen LogP contribution is 2.34. The molecule has 43 heavy (non-hydrogen) atoms. The van der Waals surface area contributed by atoms with E-state index in [1.165, 1.54) is 6.07 Å². The number of rotatable bonds is 9. The molecule has 6 rings (SSSR count). The molecule has 226 valence electrons. The third kappa shape index (κ3) is 6.53. The van der Waals surface area contributed by atoms with Crippen LogP contribution in [0.25, 0.3) is 22.2 Å². The summed E-state index contributed by atoms with van der Waals surface area (Å²) in [6.45, 7) is 5.66. The molecule has 1 saturated heterocycles. The van der Waals surface area contributed by atoms with Gasteiger partial charge in [-0.1, -0.05) is 19.1 Å². The van der Waals surface area contributed by atoms with Gasteiger partial charge in [0.15, 0.2) is 17.9 Å². The maximum absolute atomic E-state index is 13.4. The molecule has 0 aliphatic carbocycles. The van der Waals surface area contributed by atoms with E-state index in [1.807, 2.05) is 44.3 Å². The van der Waals surface area contributed by atoms with E-state index in [4.69, 9.17) is 28.1 Å². The molecular formula is C32H35N3O7S. The summed E-state index contributed by atoms with van der Waals surface area (Å²) in [6, 6.07) is 16.1. The smallest absolute Gasteiger partial charge is 0.303 e. The van der Waals surface area contributed by atoms with Gasteiger partial charge in [-0.25, -0.2) is 14.2 Å². The van der Waals surface area contributed by atoms with E-state index in [1.54, 1.807) is 31.3 Å². The summed E-state index contributed by atoms with van der Waals surface area (Å²) < 4.78 is 55.8. The van der Waals surface area contributed by atoms with Gasteiger partial charge in [-0.15, -0.1) is 0 Å². The summed E-state index contributed by atoms with van der Waals surface area (Å²) in [5, 5.41) is 0.836. The van der Waals surface area contributed by atoms with Crippen LogP contribution in [-0.2, 0) is 19.0 Å². The molecule has 0 radical (unpaired) electrons. The van der Waals surface area contributed by atoms with Crippen molar-refractivity contribution >= 4 is 26.8 Å². The predicted octanol–water partition coefficient (Wildman–Crippen LogP) is 5.86. The third-order valence-corrected chi connectivity index (χ3v) is 8.78. The Labute approximate surface area is 251 Å². The Morgan fingerprint density at radius 1 is 1.07 bits per heavy atom. The lowest BCUT2D eigenvalue weighted by atomic mass is 10.1. The Morgan fingerprint density at radius 2 is 1.95 bits per heavy atom. The van der Waals surface area contributed by atoms with Crippen LogP contribution in [0.1, 0.15) is 38.2 Å². The quantitative estimate of drug-likeness (QED) is 0.170. The van der Waals surface area contributed by atoms with Crippen LogP contribution in [0, 0.1) is 6.92 Å². The number of hydrogen-bond donors (Lipinski definition) is 0. The maximum Gasteiger partial charge on any atom is 0.303 e. The SMILES string of the molecule is CCC(Oc1ccc2nc(-c3cnc4c(c3)OCCN4C)ccc2c1)OS(=O)(=O)c1ccc(C)cc1OC1CCCCO1. The standard InChI is InChI=1S/C32H35N3O7S/c1-4-30(42-43(36,37)29-13-8-21(2)17-27(29)41-31-7-5-6-15-39-31)40-24-10-12-25-22(18-24)9-11-26(34-25)23-19-28-32(33-20-23)35(3)14-16-38-28/h8-13,17-20,30-31H,4-7,14-16H2,1-3H3. The number of ether oxygens (including phenoxy) is 4. The first-order chi connectivity index (χ1) is 20.8. The van der Waals surface area contributed by atoms with Crippen LogP contribution in [0.4, 0.5) is 5.82 Å². The predicted molar refractivity (Wildman–Crippen MR) is 162 cm³/mol. The monoisotopic (exact) mass is 605 g/mol. The van der Waals surface area contributed by atoms with E-state index in [0.29, 0.717) is 31.8 Å². The number of nitrogens with zero attached hydrogens (tertiary/aromatic N) is 3. The summed E-state index contributed by atoms with van der Waals surface area (Å²) in [7, 11) is -2.22. The van der Waals surface area contributed by atoms with Crippen molar-refractivity contribution in [3.63, 3.8) is 0 Å². The van der Waals surface area contributed by atoms with Crippen LogP contribution in [0.3, 0.4) is 0 Å². The molecule has 0 N–H and O–H groups in total. The minimum atomic E-state index is -4.22. The molecule has 4 aromatic rings. The number of aryl methyl sites for hydroxylation is 1. The number of aromatic nitrogens is 2. The Morgan fingerprint density at radius 3 is 2.77 bits per heavy atom. The summed E-state index contributed by atoms with van der Waals surface area (Å²) in [5.74, 6) is 2.23. The topological polar surface area (TPSA) is 109 Å². The molecule has 2 aliphatic heterocycles. The van der Waals surface area contributed by atoms with Crippen molar-refractivity contribution in [1.82, 2.24) is 9.97 Å². The van der Waals surface area contributed by atoms with Crippen LogP contribution < -0.4 is 19.1 Å². The highest BCUT2D eigenvalue weighted by atomic mass is 32.2. The van der Waals surface area contributed by atoms with Crippen LogP contribution in [0.5, 0.6) is 17.2 Å². The van der Waals surface area contributed by atoms with Gasteiger partial charge in [0.1, 0.15) is 23.0 Å². The lowest BCUT2D eigenvalue weighted by molar-refractivity contribution is -0.107. The van der Waals surface area contributed by atoms with Crippen molar-refractivity contribution in [2.24, 2.45) is 0 Å². The van der Waals surface area contributed by atoms with E-state index in [9.17, 15) is 8.42 Å². The van der Waals surface area contributed by atoms with E-state index in [-0.39, 0.29) is 10.6 Å². The molecule has 0 amide bonds. The second-order valence-corrected chi connectivity index (χ2v) is 12.3. The van der Waals surface area contributed by atoms with Gasteiger partial charge in [0.2, 0.25) is 6.29 Å². The van der Waals surface area contributed by atoms with E-state index in [0.717, 1.165) is 58.7 Å². The molecule has 2 atom stereocenters. The summed E-state index contributed by atoms with van der Waals surface area (Å²) in [5.41, 5.74) is 3.25. The molecule has 2 aromatic carbocycles. The number of hydrogen-bond acceptors (Lipinski definition) is 10. The molecule has 11 heteroatoms. The zero-order valence-corrected chi connectivity index (χ0v) is 25.3. The van der Waals surface area contributed by atoms with Crippen LogP contribution in [-0.4, -0.2) is 57.8 Å². The second-order valence-electron chi connectivity index (χ2n) is 10.7. The Kier molecular flexibility index (Phi) is 8.38. The zero-order valence-electron chi connectivity index (χ0n) is 24.5.